The maximum absolute atomic E-state index is 13.4. The molecule has 0 saturated carbocycles. The van der Waals surface area contributed by atoms with Crippen LogP contribution in [0.25, 0.3) is 0 Å². The average molecular weight is 511 g/mol. The van der Waals surface area contributed by atoms with E-state index < -0.39 is 27.4 Å². The third-order valence-electron chi connectivity index (χ3n) is 6.76. The molecule has 0 spiro atoms. The third kappa shape index (κ3) is 4.34. The maximum atomic E-state index is 13.4. The van der Waals surface area contributed by atoms with E-state index in [-0.39, 0.29) is 40.7 Å². The first-order valence-electron chi connectivity index (χ1n) is 11.7. The normalized spacial score (nSPS) is 23.1. The zero-order chi connectivity index (χ0) is 25.5. The van der Waals surface area contributed by atoms with Crippen molar-refractivity contribution in [1.29, 1.82) is 0 Å². The van der Waals surface area contributed by atoms with E-state index in [2.05, 4.69) is 10.1 Å². The fourth-order valence-electron chi connectivity index (χ4n) is 5.10. The Bertz CT molecular complexity index is 1410. The Hall–Kier alpha value is -3.73. The predicted octanol–water partition coefficient (Wildman–Crippen LogP) is 2.20. The summed E-state index contributed by atoms with van der Waals surface area (Å²) in [5.41, 5.74) is 5.55. The number of carbonyl (C=O) groups excluding carboxylic acids is 2. The molecule has 11 heteroatoms. The molecule has 0 radical (unpaired) electrons. The van der Waals surface area contributed by atoms with Crippen molar-refractivity contribution < 1.29 is 27.3 Å². The molecule has 188 valence electrons. The van der Waals surface area contributed by atoms with E-state index >= 15 is 0 Å². The molecule has 1 fully saturated rings. The molecule has 2 bridgehead atoms. The van der Waals surface area contributed by atoms with Crippen LogP contribution in [-0.4, -0.2) is 47.5 Å². The highest BCUT2D eigenvalue weighted by molar-refractivity contribution is 7.90. The van der Waals surface area contributed by atoms with Crippen molar-refractivity contribution in [3.63, 3.8) is 0 Å². The molecule has 2 aromatic carbocycles. The Morgan fingerprint density at radius 2 is 1.89 bits per heavy atom. The second kappa shape index (κ2) is 9.05. The molecule has 3 atom stereocenters. The first-order chi connectivity index (χ1) is 17.2. The van der Waals surface area contributed by atoms with E-state index in [0.29, 0.717) is 25.0 Å². The summed E-state index contributed by atoms with van der Waals surface area (Å²) < 4.78 is 36.6. The predicted molar refractivity (Wildman–Crippen MR) is 127 cm³/mol. The largest absolute Gasteiger partial charge is 0.468 e. The Balaban J connectivity index is 1.27. The number of para-hydroxylation sites is 1. The van der Waals surface area contributed by atoms with Gasteiger partial charge in [-0.1, -0.05) is 41.6 Å². The quantitative estimate of drug-likeness (QED) is 0.454. The molecule has 0 aliphatic carbocycles. The molecule has 2 aliphatic heterocycles. The summed E-state index contributed by atoms with van der Waals surface area (Å²) in [7, 11) is -3.60. The molecular formula is C25H26N4O6S. The summed E-state index contributed by atoms with van der Waals surface area (Å²) in [5.74, 6) is -1.74. The first-order valence-corrected chi connectivity index (χ1v) is 13.3. The summed E-state index contributed by atoms with van der Waals surface area (Å²) >= 11 is 0. The van der Waals surface area contributed by atoms with Crippen LogP contribution >= 0.6 is 0 Å². The van der Waals surface area contributed by atoms with Crippen LogP contribution in [0.15, 0.2) is 64.0 Å². The summed E-state index contributed by atoms with van der Waals surface area (Å²) in [4.78, 5) is 31.6. The van der Waals surface area contributed by atoms with Crippen LogP contribution in [0, 0.1) is 5.92 Å². The Morgan fingerprint density at radius 3 is 2.64 bits per heavy atom. The van der Waals surface area contributed by atoms with Gasteiger partial charge in [-0.2, -0.15) is 4.98 Å². The van der Waals surface area contributed by atoms with Crippen molar-refractivity contribution in [2.24, 2.45) is 11.7 Å². The number of nitrogens with zero attached hydrogens (tertiary/aromatic N) is 3. The van der Waals surface area contributed by atoms with Crippen molar-refractivity contribution in [3.05, 3.63) is 71.9 Å². The first kappa shape index (κ1) is 24.0. The lowest BCUT2D eigenvalue weighted by Gasteiger charge is -2.52. The van der Waals surface area contributed by atoms with E-state index in [0.717, 1.165) is 5.56 Å². The van der Waals surface area contributed by atoms with Gasteiger partial charge in [0.05, 0.1) is 4.90 Å². The van der Waals surface area contributed by atoms with Crippen molar-refractivity contribution >= 4 is 21.7 Å². The molecule has 3 heterocycles. The van der Waals surface area contributed by atoms with E-state index in [1.807, 2.05) is 31.2 Å². The van der Waals surface area contributed by atoms with Crippen molar-refractivity contribution in [1.82, 2.24) is 15.0 Å². The number of benzene rings is 2. The van der Waals surface area contributed by atoms with Gasteiger partial charge < -0.3 is 19.9 Å². The number of rotatable bonds is 8. The van der Waals surface area contributed by atoms with Gasteiger partial charge in [0.1, 0.15) is 17.4 Å². The second-order valence-electron chi connectivity index (χ2n) is 9.28. The van der Waals surface area contributed by atoms with E-state index in [1.165, 1.54) is 12.1 Å². The van der Waals surface area contributed by atoms with Crippen LogP contribution in [-0.2, 0) is 31.6 Å². The van der Waals surface area contributed by atoms with Gasteiger partial charge in [0.2, 0.25) is 17.7 Å². The minimum Gasteiger partial charge on any atom is -0.468 e. The lowest BCUT2D eigenvalue weighted by Crippen LogP contribution is -2.64. The van der Waals surface area contributed by atoms with Crippen LogP contribution in [0.5, 0.6) is 5.75 Å². The third-order valence-corrected chi connectivity index (χ3v) is 8.39. The van der Waals surface area contributed by atoms with Crippen LogP contribution in [0.3, 0.4) is 0 Å². The SMILES string of the molecule is C[C@@]12C[C@@H](c3ccccc3O1)[C@@H](C(N)=O)C(=O)N2CCCc1nc(CS(=O)(=O)c2ccccc2)no1. The number of aryl methyl sites for hydroxylation is 1. The summed E-state index contributed by atoms with van der Waals surface area (Å²) in [5, 5.41) is 3.80. The Morgan fingerprint density at radius 1 is 1.17 bits per heavy atom. The smallest absolute Gasteiger partial charge is 0.238 e. The number of piperidine rings is 1. The molecule has 5 rings (SSSR count). The fraction of sp³-hybridized carbons (Fsp3) is 0.360. The Labute approximate surface area is 208 Å². The number of hydrogen-bond donors (Lipinski definition) is 1. The molecule has 10 nitrogen and oxygen atoms in total. The number of carbonyl (C=O) groups is 2. The van der Waals surface area contributed by atoms with Gasteiger partial charge in [-0.15, -0.1) is 0 Å². The molecular weight excluding hydrogens is 484 g/mol. The van der Waals surface area contributed by atoms with E-state index in [1.54, 1.807) is 23.1 Å². The van der Waals surface area contributed by atoms with E-state index in [4.69, 9.17) is 15.0 Å². The van der Waals surface area contributed by atoms with Gasteiger partial charge in [0.15, 0.2) is 21.4 Å². The molecule has 3 aromatic rings. The van der Waals surface area contributed by atoms with Gasteiger partial charge >= 0.3 is 0 Å². The molecule has 2 amide bonds. The summed E-state index contributed by atoms with van der Waals surface area (Å²) in [6, 6.07) is 15.5. The Kier molecular flexibility index (Phi) is 6.03. The topological polar surface area (TPSA) is 146 Å². The lowest BCUT2D eigenvalue weighted by atomic mass is 9.73. The molecule has 2 aliphatic rings. The lowest BCUT2D eigenvalue weighted by molar-refractivity contribution is -0.175. The molecule has 36 heavy (non-hydrogen) atoms. The van der Waals surface area contributed by atoms with Crippen LogP contribution < -0.4 is 10.5 Å². The number of ether oxygens (including phenoxy) is 1. The summed E-state index contributed by atoms with van der Waals surface area (Å²) in [6.07, 6.45) is 1.21. The zero-order valence-electron chi connectivity index (χ0n) is 19.7. The highest BCUT2D eigenvalue weighted by Gasteiger charge is 2.55. The van der Waals surface area contributed by atoms with Gasteiger partial charge in [0, 0.05) is 25.3 Å². The minimum absolute atomic E-state index is 0.0683. The van der Waals surface area contributed by atoms with Crippen molar-refractivity contribution in [2.45, 2.75) is 48.5 Å². The van der Waals surface area contributed by atoms with Crippen LogP contribution in [0.2, 0.25) is 0 Å². The number of aromatic nitrogens is 2. The molecule has 2 N–H and O–H groups in total. The van der Waals surface area contributed by atoms with Crippen molar-refractivity contribution in [3.8, 4) is 5.75 Å². The number of amides is 2. The van der Waals surface area contributed by atoms with Gasteiger partial charge in [-0.25, -0.2) is 8.42 Å². The number of hydrogen-bond acceptors (Lipinski definition) is 8. The monoisotopic (exact) mass is 510 g/mol. The van der Waals surface area contributed by atoms with Gasteiger partial charge in [-0.3, -0.25) is 9.59 Å². The van der Waals surface area contributed by atoms with Crippen LogP contribution in [0.1, 0.15) is 43.0 Å². The average Bonchev–Trinajstić information content (AvgIpc) is 3.27. The maximum Gasteiger partial charge on any atom is 0.238 e. The number of sulfone groups is 1. The van der Waals surface area contributed by atoms with Gasteiger partial charge in [0.25, 0.3) is 0 Å². The fourth-order valence-corrected chi connectivity index (χ4v) is 6.29. The van der Waals surface area contributed by atoms with Crippen molar-refractivity contribution in [2.75, 3.05) is 6.54 Å². The second-order valence-corrected chi connectivity index (χ2v) is 11.3. The standard InChI is InChI=1S/C25H26N4O6S/c1-25-14-18(17-10-5-6-11-19(17)34-25)22(23(26)30)24(31)29(25)13-7-12-21-27-20(28-35-21)15-36(32,33)16-8-3-2-4-9-16/h2-6,8-11,18,22H,7,12-15H2,1H3,(H2,26,30)/t18-,22-,25-/m0/s1. The molecule has 0 unspecified atom stereocenters. The molecule has 1 aromatic heterocycles. The molecule has 1 saturated heterocycles. The highest BCUT2D eigenvalue weighted by Crippen LogP contribution is 2.50. The summed E-state index contributed by atoms with van der Waals surface area (Å²) in [6.45, 7) is 2.11. The highest BCUT2D eigenvalue weighted by atomic mass is 32.2. The zero-order valence-corrected chi connectivity index (χ0v) is 20.5. The number of primary amides is 1. The van der Waals surface area contributed by atoms with Crippen LogP contribution in [0.4, 0.5) is 0 Å². The van der Waals surface area contributed by atoms with E-state index in [9.17, 15) is 18.0 Å². The number of nitrogens with two attached hydrogens (primary N) is 1. The number of fused-ring (bicyclic) bond motifs is 4. The minimum atomic E-state index is -3.60. The van der Waals surface area contributed by atoms with Gasteiger partial charge in [-0.05, 0) is 37.1 Å². The number of likely N-dealkylation sites (tertiary alicyclic amines) is 1.